The van der Waals surface area contributed by atoms with Gasteiger partial charge in [-0.2, -0.15) is 0 Å². The van der Waals surface area contributed by atoms with Crippen molar-refractivity contribution in [2.24, 2.45) is 17.3 Å². The molecule has 5 heteroatoms. The number of fused-ring (bicyclic) bond motifs is 1. The molecule has 2 amide bonds. The highest BCUT2D eigenvalue weighted by Gasteiger charge is 2.92. The highest BCUT2D eigenvalue weighted by atomic mass is 16.5. The zero-order valence-electron chi connectivity index (χ0n) is 10.8. The minimum absolute atomic E-state index is 0.0379. The fourth-order valence-electron chi connectivity index (χ4n) is 3.90. The number of alkyl carbamates (subject to hydrolysis) is 1. The largest absolute Gasteiger partial charge is 0.453 e. The minimum Gasteiger partial charge on any atom is -0.453 e. The molecule has 2 saturated carbocycles. The van der Waals surface area contributed by atoms with Gasteiger partial charge in [0.25, 0.3) is 0 Å². The maximum absolute atomic E-state index is 12.4. The predicted molar refractivity (Wildman–Crippen MR) is 64.7 cm³/mol. The number of nitrogens with zero attached hydrogens (tertiary/aromatic N) is 1. The summed E-state index contributed by atoms with van der Waals surface area (Å²) in [5, 5.41) is 2.53. The van der Waals surface area contributed by atoms with Gasteiger partial charge in [-0.15, -0.1) is 6.58 Å². The van der Waals surface area contributed by atoms with Crippen molar-refractivity contribution < 1.29 is 14.3 Å². The summed E-state index contributed by atoms with van der Waals surface area (Å²) in [4.78, 5) is 25.4. The van der Waals surface area contributed by atoms with E-state index in [1.165, 1.54) is 7.11 Å². The normalized spacial score (nSPS) is 43.8. The first kappa shape index (κ1) is 11.6. The highest BCUT2D eigenvalue weighted by Crippen LogP contribution is 2.87. The molecule has 5 nitrogen and oxygen atoms in total. The van der Waals surface area contributed by atoms with Crippen LogP contribution in [0.3, 0.4) is 0 Å². The van der Waals surface area contributed by atoms with Crippen molar-refractivity contribution in [3.05, 3.63) is 12.7 Å². The third-order valence-corrected chi connectivity index (χ3v) is 4.96. The number of rotatable bonds is 3. The molecule has 18 heavy (non-hydrogen) atoms. The van der Waals surface area contributed by atoms with Crippen molar-refractivity contribution in [1.82, 2.24) is 10.2 Å². The molecule has 2 aliphatic carbocycles. The van der Waals surface area contributed by atoms with Gasteiger partial charge in [0.1, 0.15) is 6.04 Å². The Morgan fingerprint density at radius 2 is 2.11 bits per heavy atom. The van der Waals surface area contributed by atoms with E-state index in [1.54, 1.807) is 6.92 Å². The van der Waals surface area contributed by atoms with E-state index in [-0.39, 0.29) is 11.9 Å². The number of methoxy groups -OCH3 is 1. The third-order valence-electron chi connectivity index (χ3n) is 4.96. The first-order valence-corrected chi connectivity index (χ1v) is 6.27. The lowest BCUT2D eigenvalue weighted by Crippen LogP contribution is -2.48. The lowest BCUT2D eigenvalue weighted by Gasteiger charge is -2.25. The smallest absolute Gasteiger partial charge is 0.407 e. The molecule has 4 aliphatic rings. The Morgan fingerprint density at radius 1 is 1.50 bits per heavy atom. The van der Waals surface area contributed by atoms with Crippen molar-refractivity contribution in [1.29, 1.82) is 0 Å². The van der Waals surface area contributed by atoms with Crippen molar-refractivity contribution >= 4 is 12.0 Å². The van der Waals surface area contributed by atoms with E-state index in [4.69, 9.17) is 0 Å². The van der Waals surface area contributed by atoms with Gasteiger partial charge >= 0.3 is 6.09 Å². The molecule has 4 rings (SSSR count). The maximum Gasteiger partial charge on any atom is 0.407 e. The number of hydrogen-bond donors (Lipinski definition) is 1. The monoisotopic (exact) mass is 250 g/mol. The summed E-state index contributed by atoms with van der Waals surface area (Å²) in [5.74, 6) is 1.22. The van der Waals surface area contributed by atoms with Gasteiger partial charge in [-0.1, -0.05) is 13.0 Å². The summed E-state index contributed by atoms with van der Waals surface area (Å²) in [6.07, 6.45) is 1.29. The van der Waals surface area contributed by atoms with Gasteiger partial charge in [0, 0.05) is 6.04 Å². The van der Waals surface area contributed by atoms with Gasteiger partial charge in [0.15, 0.2) is 0 Å². The number of carbonyl (C=O) groups excluding carboxylic acids is 2. The topological polar surface area (TPSA) is 58.6 Å². The van der Waals surface area contributed by atoms with Crippen LogP contribution in [-0.2, 0) is 9.53 Å². The van der Waals surface area contributed by atoms with Crippen LogP contribution in [0.2, 0.25) is 0 Å². The number of piperidine rings is 1. The van der Waals surface area contributed by atoms with E-state index < -0.39 is 12.1 Å². The van der Waals surface area contributed by atoms with Gasteiger partial charge in [0.05, 0.1) is 13.2 Å². The van der Waals surface area contributed by atoms with E-state index in [0.29, 0.717) is 23.3 Å². The standard InChI is InChI=1S/C13H18N2O3/c1-5-7-8-9-10(13(8,9)3)15(7)11(16)6(2)14-12(17)18-4/h5-10H,1H2,2-4H3,(H,14,17). The van der Waals surface area contributed by atoms with E-state index in [2.05, 4.69) is 23.6 Å². The molecule has 2 saturated heterocycles. The predicted octanol–water partition coefficient (Wildman–Crippen LogP) is 0.762. The SMILES string of the molecule is C=CC1C2C3C(N1C(=O)C(C)NC(=O)OC)C23C. The Bertz CT molecular complexity index is 450. The Labute approximate surface area is 106 Å². The van der Waals surface area contributed by atoms with Crippen LogP contribution < -0.4 is 5.32 Å². The molecule has 0 aromatic carbocycles. The molecule has 2 aliphatic heterocycles. The van der Waals surface area contributed by atoms with E-state index in [9.17, 15) is 9.59 Å². The maximum atomic E-state index is 12.4. The van der Waals surface area contributed by atoms with Gasteiger partial charge < -0.3 is 15.0 Å². The first-order valence-electron chi connectivity index (χ1n) is 6.27. The zero-order chi connectivity index (χ0) is 13.2. The molecular weight excluding hydrogens is 232 g/mol. The van der Waals surface area contributed by atoms with Crippen molar-refractivity contribution in [2.75, 3.05) is 7.11 Å². The summed E-state index contributed by atoms with van der Waals surface area (Å²) >= 11 is 0. The molecule has 0 spiro atoms. The van der Waals surface area contributed by atoms with Gasteiger partial charge in [-0.05, 0) is 24.2 Å². The molecule has 0 aromatic heterocycles. The third kappa shape index (κ3) is 1.12. The highest BCUT2D eigenvalue weighted by molar-refractivity contribution is 5.88. The number of carbonyl (C=O) groups is 2. The Balaban J connectivity index is 1.70. The van der Waals surface area contributed by atoms with Crippen LogP contribution in [0.1, 0.15) is 13.8 Å². The van der Waals surface area contributed by atoms with Crippen molar-refractivity contribution in [2.45, 2.75) is 32.0 Å². The van der Waals surface area contributed by atoms with Crippen LogP contribution in [0, 0.1) is 17.3 Å². The summed E-state index contributed by atoms with van der Waals surface area (Å²) in [6, 6.07) is -0.0541. The van der Waals surface area contributed by atoms with E-state index in [1.807, 2.05) is 11.0 Å². The Hall–Kier alpha value is -1.52. The summed E-state index contributed by atoms with van der Waals surface area (Å²) in [6.45, 7) is 7.75. The average molecular weight is 250 g/mol. The van der Waals surface area contributed by atoms with Crippen molar-refractivity contribution in [3.63, 3.8) is 0 Å². The van der Waals surface area contributed by atoms with Crippen LogP contribution in [0.15, 0.2) is 12.7 Å². The van der Waals surface area contributed by atoms with Crippen LogP contribution in [-0.4, -0.2) is 42.1 Å². The first-order chi connectivity index (χ1) is 8.48. The number of nitrogens with one attached hydrogen (secondary N) is 1. The Morgan fingerprint density at radius 3 is 2.61 bits per heavy atom. The fraction of sp³-hybridized carbons (Fsp3) is 0.692. The molecule has 4 fully saturated rings. The molecule has 0 aromatic rings. The zero-order valence-corrected chi connectivity index (χ0v) is 10.8. The molecule has 6 unspecified atom stereocenters. The van der Waals surface area contributed by atoms with Crippen LogP contribution in [0.5, 0.6) is 0 Å². The van der Waals surface area contributed by atoms with Crippen molar-refractivity contribution in [3.8, 4) is 0 Å². The molecule has 98 valence electrons. The summed E-state index contributed by atoms with van der Waals surface area (Å²) < 4.78 is 4.51. The van der Waals surface area contributed by atoms with E-state index in [0.717, 1.165) is 0 Å². The Kier molecular flexibility index (Phi) is 2.10. The van der Waals surface area contributed by atoms with Crippen LogP contribution in [0.4, 0.5) is 4.79 Å². The molecule has 1 N–H and O–H groups in total. The summed E-state index contributed by atoms with van der Waals surface area (Å²) in [5.41, 5.74) is 0.333. The van der Waals surface area contributed by atoms with E-state index >= 15 is 0 Å². The molecule has 6 atom stereocenters. The van der Waals surface area contributed by atoms with Gasteiger partial charge in [-0.3, -0.25) is 4.79 Å². The summed E-state index contributed by atoms with van der Waals surface area (Å²) in [7, 11) is 1.29. The molecule has 0 radical (unpaired) electrons. The van der Waals surface area contributed by atoms with Gasteiger partial charge in [0.2, 0.25) is 5.91 Å². The fourth-order valence-corrected chi connectivity index (χ4v) is 3.90. The minimum atomic E-state index is -0.573. The van der Waals surface area contributed by atoms with Crippen LogP contribution in [0.25, 0.3) is 0 Å². The second-order valence-electron chi connectivity index (χ2n) is 5.69. The molecule has 2 heterocycles. The number of hydrogen-bond acceptors (Lipinski definition) is 3. The second-order valence-corrected chi connectivity index (χ2v) is 5.69. The average Bonchev–Trinajstić information content (AvgIpc) is 3.03. The van der Waals surface area contributed by atoms with Crippen LogP contribution >= 0.6 is 0 Å². The molecule has 2 bridgehead atoms. The second kappa shape index (κ2) is 3.28. The van der Waals surface area contributed by atoms with Gasteiger partial charge in [-0.25, -0.2) is 4.79 Å². The lowest BCUT2D eigenvalue weighted by molar-refractivity contribution is -0.133. The lowest BCUT2D eigenvalue weighted by atomic mass is 10.0. The number of amides is 2. The molecular formula is C13H18N2O3. The quantitative estimate of drug-likeness (QED) is 0.752. The number of ether oxygens (including phenoxy) is 1.